The van der Waals surface area contributed by atoms with Crippen LogP contribution >= 0.6 is 18.6 Å². The van der Waals surface area contributed by atoms with Crippen molar-refractivity contribution in [2.75, 3.05) is 0 Å². The molecule has 0 unspecified atom stereocenters. The molecule has 0 fully saturated rings. The fourth-order valence-corrected chi connectivity index (χ4v) is 1.30. The fourth-order valence-electron chi connectivity index (χ4n) is 1.30. The van der Waals surface area contributed by atoms with E-state index >= 15 is 0 Å². The molecule has 21 heavy (non-hydrogen) atoms. The summed E-state index contributed by atoms with van der Waals surface area (Å²) in [6.07, 6.45) is 1.20. The third kappa shape index (κ3) is 16.0. The van der Waals surface area contributed by atoms with E-state index in [4.69, 9.17) is 24.3 Å². The molecule has 1 amide bonds. The Hall–Kier alpha value is -0.189. The molecule has 2 aromatic rings. The fraction of sp³-hybridized carbons (Fsp3) is 0.333. The third-order valence-corrected chi connectivity index (χ3v) is 2.02. The van der Waals surface area contributed by atoms with Crippen molar-refractivity contribution in [1.29, 1.82) is 0 Å². The molecule has 0 saturated carbocycles. The normalized spacial score (nSPS) is 8.24. The number of rotatable bonds is 2. The van der Waals surface area contributed by atoms with E-state index < -0.39 is 22.9 Å². The van der Waals surface area contributed by atoms with Crippen molar-refractivity contribution in [2.45, 2.75) is 32.9 Å². The van der Waals surface area contributed by atoms with Gasteiger partial charge in [-0.3, -0.25) is 0 Å². The van der Waals surface area contributed by atoms with Crippen LogP contribution < -0.4 is 0 Å². The average molecular weight is 378 g/mol. The minimum atomic E-state index is -0.556. The molecule has 2 rings (SSSR count). The average Bonchev–Trinajstić information content (AvgIpc) is 2.89. The first-order valence-corrected chi connectivity index (χ1v) is 12.8. The molecule has 0 aliphatic carbocycles. The Kier molecular flexibility index (Phi) is 19.6. The summed E-state index contributed by atoms with van der Waals surface area (Å²) in [6, 6.07) is 14.7. The van der Waals surface area contributed by atoms with Crippen LogP contribution in [-0.4, -0.2) is 15.4 Å². The quantitative estimate of drug-likeness (QED) is 0.461. The summed E-state index contributed by atoms with van der Waals surface area (Å²) < 4.78 is 0. The predicted molar refractivity (Wildman–Crippen MR) is 93.0 cm³/mol. The zero-order valence-electron chi connectivity index (χ0n) is 12.6. The second-order valence-corrected chi connectivity index (χ2v) is 7.48. The Morgan fingerprint density at radius 1 is 1.29 bits per heavy atom. The molecule has 0 bridgehead atoms. The van der Waals surface area contributed by atoms with Crippen molar-refractivity contribution >= 4 is 44.8 Å². The zero-order chi connectivity index (χ0) is 16.5. The van der Waals surface area contributed by atoms with E-state index in [1.165, 1.54) is 10.8 Å². The zero-order valence-corrected chi connectivity index (χ0v) is 16.7. The minimum Gasteiger partial charge on any atom is -0.168 e. The number of hydrogen-bond donors (Lipinski definition) is 0. The molecule has 2 radical (unpaired) electrons. The Bertz CT molecular complexity index is 433. The van der Waals surface area contributed by atoms with Gasteiger partial charge in [-0.25, -0.2) is 0 Å². The van der Waals surface area contributed by atoms with Crippen molar-refractivity contribution in [3.05, 3.63) is 48.2 Å². The summed E-state index contributed by atoms with van der Waals surface area (Å²) in [4.78, 5) is 9.71. The van der Waals surface area contributed by atoms with Gasteiger partial charge >= 0.3 is 35.6 Å². The number of benzene rings is 1. The number of fused-ring (bicyclic) bond motifs is 1. The molecular weight excluding hydrogens is 357 g/mol. The maximum absolute atomic E-state index is 9.71. The smallest absolute Gasteiger partial charge is 0.0809 e. The van der Waals surface area contributed by atoms with Crippen LogP contribution in [0.15, 0.2) is 42.5 Å². The van der Waals surface area contributed by atoms with Crippen LogP contribution in [0.5, 0.6) is 0 Å². The van der Waals surface area contributed by atoms with Gasteiger partial charge in [0.1, 0.15) is 0 Å². The van der Waals surface area contributed by atoms with Crippen molar-refractivity contribution in [2.24, 2.45) is 0 Å². The Labute approximate surface area is 147 Å². The van der Waals surface area contributed by atoms with Gasteiger partial charge in [0.15, 0.2) is 0 Å². The number of nitrogens with one attached hydrogen (secondary N) is 1. The summed E-state index contributed by atoms with van der Waals surface area (Å²) in [5.74, 6) is -0.461. The molecule has 116 valence electrons. The maximum atomic E-state index is 9.71. The van der Waals surface area contributed by atoms with Crippen LogP contribution in [0.1, 0.15) is 19.8 Å². The topological polar surface area (TPSA) is 40.9 Å². The molecule has 0 atom stereocenters. The molecule has 0 aliphatic rings. The van der Waals surface area contributed by atoms with E-state index in [2.05, 4.69) is 55.6 Å². The van der Waals surface area contributed by atoms with E-state index in [-0.39, 0.29) is 0 Å². The predicted octanol–water partition coefficient (Wildman–Crippen LogP) is 6.09. The number of amides is 1. The SMILES string of the molecule is CCCC([NH-])=O.C[Si]C.[Cl][Ti][Cl].c1ccc2[cH-]ccc2c1. The number of hydrogen-bond acceptors (Lipinski definition) is 1. The molecule has 0 saturated heterocycles. The summed E-state index contributed by atoms with van der Waals surface area (Å²) in [7, 11) is 10.9. The Morgan fingerprint density at radius 3 is 2.19 bits per heavy atom. The van der Waals surface area contributed by atoms with Crippen LogP contribution in [0.25, 0.3) is 16.5 Å². The minimum absolute atomic E-state index is 0.403. The van der Waals surface area contributed by atoms with Crippen LogP contribution in [0.4, 0.5) is 0 Å². The Balaban J connectivity index is 0. The molecule has 0 spiro atoms. The summed E-state index contributed by atoms with van der Waals surface area (Å²) in [5.41, 5.74) is 6.34. The van der Waals surface area contributed by atoms with Crippen molar-refractivity contribution in [3.8, 4) is 0 Å². The number of carbonyl (C=O) groups excluding carboxylic acids is 1. The third-order valence-electron chi connectivity index (χ3n) is 2.02. The van der Waals surface area contributed by atoms with E-state index in [0.717, 1.165) is 15.9 Å². The van der Waals surface area contributed by atoms with Crippen molar-refractivity contribution in [3.63, 3.8) is 0 Å². The van der Waals surface area contributed by atoms with Gasteiger partial charge in [-0.1, -0.05) is 32.5 Å². The second-order valence-electron chi connectivity index (χ2n) is 3.90. The first-order chi connectivity index (χ1) is 10.1. The van der Waals surface area contributed by atoms with Crippen molar-refractivity contribution < 1.29 is 21.8 Å². The van der Waals surface area contributed by atoms with Gasteiger partial charge < -0.3 is 10.5 Å². The molecule has 0 heterocycles. The Morgan fingerprint density at radius 2 is 1.81 bits per heavy atom. The van der Waals surface area contributed by atoms with Gasteiger partial charge in [0.25, 0.3) is 0 Å². The summed E-state index contributed by atoms with van der Waals surface area (Å²) in [5, 5.41) is 2.66. The van der Waals surface area contributed by atoms with E-state index in [0.29, 0.717) is 6.42 Å². The van der Waals surface area contributed by atoms with Gasteiger partial charge in [0, 0.05) is 15.4 Å². The van der Waals surface area contributed by atoms with Gasteiger partial charge in [-0.2, -0.15) is 17.5 Å². The molecule has 1 N–H and O–H groups in total. The molecule has 0 aromatic heterocycles. The summed E-state index contributed by atoms with van der Waals surface area (Å²) >= 11 is -0.556. The van der Waals surface area contributed by atoms with Gasteiger partial charge in [0.2, 0.25) is 0 Å². The van der Waals surface area contributed by atoms with Crippen LogP contribution in [0.2, 0.25) is 13.1 Å². The van der Waals surface area contributed by atoms with Crippen LogP contribution in [-0.2, 0) is 21.8 Å². The monoisotopic (exact) mass is 377 g/mol. The molecule has 0 aliphatic heterocycles. The van der Waals surface area contributed by atoms with E-state index in [1.807, 2.05) is 6.92 Å². The molecule has 2 nitrogen and oxygen atoms in total. The standard InChI is InChI=1S/C9H7.C4H9NO.C2H6Si.2ClH.Ti/c1-2-5-9-7-3-6-8(9)4-1;1-2-3-4(5)6;1-3-2;;;/h1-7H;2-3H2,1H3,(H2,5,6);1-2H3;2*1H;/q-1;;;;;+2/p-3. The van der Waals surface area contributed by atoms with Crippen molar-refractivity contribution in [1.82, 2.24) is 0 Å². The van der Waals surface area contributed by atoms with Gasteiger partial charge in [0.05, 0.1) is 0 Å². The number of carbonyl (C=O) groups is 1. The van der Waals surface area contributed by atoms with Gasteiger partial charge in [-0.15, -0.1) is 29.7 Å². The molecule has 6 heteroatoms. The first-order valence-electron chi connectivity index (χ1n) is 6.46. The number of halogens is 2. The second kappa shape index (κ2) is 17.9. The summed E-state index contributed by atoms with van der Waals surface area (Å²) in [6.45, 7) is 6.19. The van der Waals surface area contributed by atoms with Crippen LogP contribution in [0, 0.1) is 0 Å². The van der Waals surface area contributed by atoms with Crippen LogP contribution in [0.3, 0.4) is 0 Å². The molecule has 2 aromatic carbocycles. The molecular formula is C15H21Cl2NOSiTi-2. The first kappa shape index (κ1) is 23.1. The van der Waals surface area contributed by atoms with E-state index in [1.54, 1.807) is 0 Å². The largest absolute Gasteiger partial charge is 0.168 e. The maximum Gasteiger partial charge on any atom is -0.0809 e. The van der Waals surface area contributed by atoms with E-state index in [9.17, 15) is 4.79 Å². The van der Waals surface area contributed by atoms with Gasteiger partial charge in [-0.05, 0) is 6.42 Å².